The number of pyridine rings is 1. The van der Waals surface area contributed by atoms with Crippen molar-refractivity contribution in [3.05, 3.63) is 30.1 Å². The lowest BCUT2D eigenvalue weighted by atomic mass is 9.99. The van der Waals surface area contributed by atoms with E-state index in [-0.39, 0.29) is 30.1 Å². The summed E-state index contributed by atoms with van der Waals surface area (Å²) in [4.78, 5) is 32.8. The van der Waals surface area contributed by atoms with Crippen molar-refractivity contribution in [2.45, 2.75) is 44.8 Å². The molecule has 0 radical (unpaired) electrons. The molecule has 7 nitrogen and oxygen atoms in total. The molecule has 3 rings (SSSR count). The number of amides is 3. The Morgan fingerprint density at radius 2 is 1.84 bits per heavy atom. The van der Waals surface area contributed by atoms with Crippen LogP contribution in [0.3, 0.4) is 0 Å². The Morgan fingerprint density at radius 1 is 1.20 bits per heavy atom. The van der Waals surface area contributed by atoms with E-state index in [0.29, 0.717) is 31.9 Å². The van der Waals surface area contributed by atoms with E-state index in [1.165, 1.54) is 0 Å². The standard InChI is InChI=1S/C18H26N4O3/c1-13(2)20-18(24)22(15-5-9-25-10-6-15)16-11-21(12-16)17(23)14-3-7-19-8-4-14/h3-4,7-8,13,15-16H,5-6,9-12H2,1-2H3,(H,20,24). The summed E-state index contributed by atoms with van der Waals surface area (Å²) in [5.74, 6) is -0.00477. The van der Waals surface area contributed by atoms with Gasteiger partial charge in [0.1, 0.15) is 0 Å². The number of carbonyl (C=O) groups is 2. The monoisotopic (exact) mass is 346 g/mol. The molecule has 136 valence electrons. The highest BCUT2D eigenvalue weighted by atomic mass is 16.5. The van der Waals surface area contributed by atoms with Crippen LogP contribution in [0.2, 0.25) is 0 Å². The van der Waals surface area contributed by atoms with Crippen molar-refractivity contribution >= 4 is 11.9 Å². The summed E-state index contributed by atoms with van der Waals surface area (Å²) in [6.07, 6.45) is 4.93. The molecule has 1 aromatic heterocycles. The molecule has 2 saturated heterocycles. The normalized spacial score (nSPS) is 18.8. The Morgan fingerprint density at radius 3 is 2.44 bits per heavy atom. The average molecular weight is 346 g/mol. The van der Waals surface area contributed by atoms with E-state index < -0.39 is 0 Å². The number of carbonyl (C=O) groups excluding carboxylic acids is 2. The number of urea groups is 1. The molecule has 3 amide bonds. The molecule has 2 aliphatic rings. The maximum atomic E-state index is 12.7. The molecule has 0 spiro atoms. The fraction of sp³-hybridized carbons (Fsp3) is 0.611. The number of aromatic nitrogens is 1. The van der Waals surface area contributed by atoms with Crippen LogP contribution in [0.5, 0.6) is 0 Å². The van der Waals surface area contributed by atoms with Gasteiger partial charge in [0.05, 0.1) is 6.04 Å². The van der Waals surface area contributed by atoms with E-state index >= 15 is 0 Å². The molecule has 7 heteroatoms. The number of hydrogen-bond donors (Lipinski definition) is 1. The highest BCUT2D eigenvalue weighted by molar-refractivity contribution is 5.94. The summed E-state index contributed by atoms with van der Waals surface area (Å²) >= 11 is 0. The highest BCUT2D eigenvalue weighted by Crippen LogP contribution is 2.24. The first-order valence-electron chi connectivity index (χ1n) is 8.92. The molecule has 1 N–H and O–H groups in total. The summed E-state index contributed by atoms with van der Waals surface area (Å²) in [5.41, 5.74) is 0.637. The van der Waals surface area contributed by atoms with Gasteiger partial charge in [-0.25, -0.2) is 4.79 Å². The molecule has 0 saturated carbocycles. The number of hydrogen-bond acceptors (Lipinski definition) is 4. The Kier molecular flexibility index (Phi) is 5.53. The van der Waals surface area contributed by atoms with Gasteiger partial charge < -0.3 is 19.9 Å². The van der Waals surface area contributed by atoms with Crippen molar-refractivity contribution in [2.75, 3.05) is 26.3 Å². The van der Waals surface area contributed by atoms with E-state index in [2.05, 4.69) is 10.3 Å². The Bertz CT molecular complexity index is 596. The van der Waals surface area contributed by atoms with Gasteiger partial charge in [-0.05, 0) is 38.8 Å². The van der Waals surface area contributed by atoms with Crippen LogP contribution in [0.1, 0.15) is 37.0 Å². The molecule has 1 aromatic rings. The quantitative estimate of drug-likeness (QED) is 0.897. The molecule has 0 atom stereocenters. The lowest BCUT2D eigenvalue weighted by molar-refractivity contribution is -0.00521. The van der Waals surface area contributed by atoms with Crippen molar-refractivity contribution in [1.29, 1.82) is 0 Å². The molecule has 2 fully saturated rings. The number of nitrogens with one attached hydrogen (secondary N) is 1. The smallest absolute Gasteiger partial charge is 0.318 e. The van der Waals surface area contributed by atoms with Crippen LogP contribution in [0.15, 0.2) is 24.5 Å². The maximum Gasteiger partial charge on any atom is 0.318 e. The third kappa shape index (κ3) is 4.10. The van der Waals surface area contributed by atoms with Gasteiger partial charge in [0, 0.05) is 56.3 Å². The summed E-state index contributed by atoms with van der Waals surface area (Å²) in [5, 5.41) is 3.00. The van der Waals surface area contributed by atoms with E-state index in [4.69, 9.17) is 4.74 Å². The van der Waals surface area contributed by atoms with Gasteiger partial charge in [0.25, 0.3) is 5.91 Å². The highest BCUT2D eigenvalue weighted by Gasteiger charge is 2.41. The van der Waals surface area contributed by atoms with Crippen LogP contribution in [-0.2, 0) is 4.74 Å². The largest absolute Gasteiger partial charge is 0.381 e. The van der Waals surface area contributed by atoms with Gasteiger partial charge >= 0.3 is 6.03 Å². The van der Waals surface area contributed by atoms with Gasteiger partial charge in [-0.15, -0.1) is 0 Å². The van der Waals surface area contributed by atoms with Crippen LogP contribution in [0, 0.1) is 0 Å². The topological polar surface area (TPSA) is 74.8 Å². The molecule has 3 heterocycles. The van der Waals surface area contributed by atoms with Crippen LogP contribution in [0.25, 0.3) is 0 Å². The van der Waals surface area contributed by atoms with Gasteiger partial charge in [-0.2, -0.15) is 0 Å². The fourth-order valence-electron chi connectivity index (χ4n) is 3.39. The predicted octanol–water partition coefficient (Wildman–Crippen LogP) is 1.50. The zero-order valence-electron chi connectivity index (χ0n) is 14.9. The fourth-order valence-corrected chi connectivity index (χ4v) is 3.39. The first kappa shape index (κ1) is 17.7. The van der Waals surface area contributed by atoms with Gasteiger partial charge in [0.15, 0.2) is 0 Å². The van der Waals surface area contributed by atoms with Crippen LogP contribution >= 0.6 is 0 Å². The third-order valence-electron chi connectivity index (χ3n) is 4.70. The Balaban J connectivity index is 1.64. The second-order valence-electron chi connectivity index (χ2n) is 6.95. The number of nitrogens with zero attached hydrogens (tertiary/aromatic N) is 3. The summed E-state index contributed by atoms with van der Waals surface area (Å²) in [7, 11) is 0. The molecular weight excluding hydrogens is 320 g/mol. The maximum absolute atomic E-state index is 12.7. The Labute approximate surface area is 148 Å². The molecular formula is C18H26N4O3. The van der Waals surface area contributed by atoms with Crippen molar-refractivity contribution in [1.82, 2.24) is 20.1 Å². The lowest BCUT2D eigenvalue weighted by Crippen LogP contribution is -2.66. The molecule has 0 aliphatic carbocycles. The third-order valence-corrected chi connectivity index (χ3v) is 4.70. The second-order valence-corrected chi connectivity index (χ2v) is 6.95. The summed E-state index contributed by atoms with van der Waals surface area (Å²) in [6, 6.07) is 3.73. The minimum absolute atomic E-state index is 0.00477. The van der Waals surface area contributed by atoms with Crippen molar-refractivity contribution in [3.8, 4) is 0 Å². The first-order valence-corrected chi connectivity index (χ1v) is 8.92. The lowest BCUT2D eigenvalue weighted by Gasteiger charge is -2.49. The van der Waals surface area contributed by atoms with Crippen LogP contribution in [0.4, 0.5) is 4.79 Å². The first-order chi connectivity index (χ1) is 12.1. The molecule has 0 unspecified atom stereocenters. The minimum Gasteiger partial charge on any atom is -0.381 e. The molecule has 25 heavy (non-hydrogen) atoms. The van der Waals surface area contributed by atoms with E-state index in [1.54, 1.807) is 29.4 Å². The summed E-state index contributed by atoms with van der Waals surface area (Å²) in [6.45, 7) is 6.43. The Hall–Kier alpha value is -2.15. The van der Waals surface area contributed by atoms with Crippen LogP contribution in [-0.4, -0.2) is 71.2 Å². The van der Waals surface area contributed by atoms with Gasteiger partial charge in [-0.3, -0.25) is 9.78 Å². The SMILES string of the molecule is CC(C)NC(=O)N(C1CCOCC1)C1CN(C(=O)c2ccncc2)C1. The van der Waals surface area contributed by atoms with E-state index in [1.807, 2.05) is 18.7 Å². The van der Waals surface area contributed by atoms with Crippen molar-refractivity contribution in [2.24, 2.45) is 0 Å². The molecule has 0 bridgehead atoms. The summed E-state index contributed by atoms with van der Waals surface area (Å²) < 4.78 is 5.43. The molecule has 0 aromatic carbocycles. The minimum atomic E-state index is -0.0390. The van der Waals surface area contributed by atoms with Crippen LogP contribution < -0.4 is 5.32 Å². The van der Waals surface area contributed by atoms with Crippen molar-refractivity contribution in [3.63, 3.8) is 0 Å². The number of likely N-dealkylation sites (tertiary alicyclic amines) is 1. The zero-order chi connectivity index (χ0) is 17.8. The van der Waals surface area contributed by atoms with E-state index in [9.17, 15) is 9.59 Å². The van der Waals surface area contributed by atoms with Crippen molar-refractivity contribution < 1.29 is 14.3 Å². The van der Waals surface area contributed by atoms with Gasteiger partial charge in [0.2, 0.25) is 0 Å². The average Bonchev–Trinajstić information content (AvgIpc) is 2.58. The second kappa shape index (κ2) is 7.82. The van der Waals surface area contributed by atoms with E-state index in [0.717, 1.165) is 12.8 Å². The predicted molar refractivity (Wildman–Crippen MR) is 93.3 cm³/mol. The zero-order valence-corrected chi connectivity index (χ0v) is 14.9. The molecule has 2 aliphatic heterocycles. The van der Waals surface area contributed by atoms with Gasteiger partial charge in [-0.1, -0.05) is 0 Å². The number of rotatable bonds is 4. The number of ether oxygens (including phenoxy) is 1.